The van der Waals surface area contributed by atoms with E-state index in [-0.39, 0.29) is 11.5 Å². The third kappa shape index (κ3) is 4.18. The van der Waals surface area contributed by atoms with Crippen LogP contribution < -0.4 is 4.74 Å². The van der Waals surface area contributed by atoms with Crippen molar-refractivity contribution >= 4 is 17.5 Å². The van der Waals surface area contributed by atoms with E-state index >= 15 is 0 Å². The molecule has 32 heavy (non-hydrogen) atoms. The number of Topliss-reactive ketones (excluding diaryl/α,β-unsaturated/α-hetero) is 1. The third-order valence-corrected chi connectivity index (χ3v) is 6.28. The lowest BCUT2D eigenvalue weighted by Gasteiger charge is -2.11. The van der Waals surface area contributed by atoms with E-state index in [9.17, 15) is 4.79 Å². The van der Waals surface area contributed by atoms with Gasteiger partial charge in [-0.05, 0) is 74.0 Å². The molecule has 4 rings (SSSR count). The summed E-state index contributed by atoms with van der Waals surface area (Å²) >= 11 is 1.31. The summed E-state index contributed by atoms with van der Waals surface area (Å²) in [4.78, 5) is 13.1. The van der Waals surface area contributed by atoms with Gasteiger partial charge in [0, 0.05) is 22.6 Å². The Hall–Kier alpha value is -3.39. The van der Waals surface area contributed by atoms with Crippen LogP contribution >= 0.6 is 11.8 Å². The van der Waals surface area contributed by atoms with Crippen molar-refractivity contribution < 1.29 is 9.53 Å². The first kappa shape index (κ1) is 21.8. The SMILES string of the molecule is COc1ccc(C)cc1-n1nnnc1SCC(=O)c1cc(C)n(-c2ccc(C)cc2)c1C. The number of hydrogen-bond acceptors (Lipinski definition) is 6. The molecule has 0 saturated carbocycles. The maximum absolute atomic E-state index is 13.1. The van der Waals surface area contributed by atoms with Crippen molar-refractivity contribution in [3.8, 4) is 17.1 Å². The number of aryl methyl sites for hydroxylation is 3. The number of benzene rings is 2. The summed E-state index contributed by atoms with van der Waals surface area (Å²) in [6, 6.07) is 16.0. The first-order valence-corrected chi connectivity index (χ1v) is 11.2. The van der Waals surface area contributed by atoms with Crippen molar-refractivity contribution in [1.29, 1.82) is 0 Å². The molecule has 0 saturated heterocycles. The molecule has 0 unspecified atom stereocenters. The minimum absolute atomic E-state index is 0.0345. The maximum Gasteiger partial charge on any atom is 0.214 e. The highest BCUT2D eigenvalue weighted by molar-refractivity contribution is 7.99. The summed E-state index contributed by atoms with van der Waals surface area (Å²) in [7, 11) is 1.61. The first-order chi connectivity index (χ1) is 15.4. The quantitative estimate of drug-likeness (QED) is 0.303. The molecule has 0 bridgehead atoms. The Morgan fingerprint density at radius 2 is 1.72 bits per heavy atom. The van der Waals surface area contributed by atoms with Crippen molar-refractivity contribution in [2.75, 3.05) is 12.9 Å². The Bertz CT molecular complexity index is 1270. The molecule has 0 aliphatic carbocycles. The van der Waals surface area contributed by atoms with Crippen molar-refractivity contribution in [3.05, 3.63) is 76.6 Å². The highest BCUT2D eigenvalue weighted by atomic mass is 32.2. The summed E-state index contributed by atoms with van der Waals surface area (Å²) in [5.41, 5.74) is 6.71. The zero-order valence-electron chi connectivity index (χ0n) is 18.8. The Morgan fingerprint density at radius 1 is 1.00 bits per heavy atom. The van der Waals surface area contributed by atoms with E-state index in [0.29, 0.717) is 16.5 Å². The van der Waals surface area contributed by atoms with E-state index in [1.54, 1.807) is 11.8 Å². The van der Waals surface area contributed by atoms with Gasteiger partial charge in [-0.25, -0.2) is 0 Å². The van der Waals surface area contributed by atoms with Crippen LogP contribution in [-0.4, -0.2) is 43.4 Å². The highest BCUT2D eigenvalue weighted by Crippen LogP contribution is 2.28. The fourth-order valence-electron chi connectivity index (χ4n) is 3.73. The molecular formula is C24H25N5O2S. The molecule has 0 atom stereocenters. The number of ether oxygens (including phenoxy) is 1. The molecule has 4 aromatic rings. The molecular weight excluding hydrogens is 422 g/mol. The summed E-state index contributed by atoms with van der Waals surface area (Å²) in [5.74, 6) is 0.928. The monoisotopic (exact) mass is 447 g/mol. The lowest BCUT2D eigenvalue weighted by molar-refractivity contribution is 0.102. The average Bonchev–Trinajstić information content (AvgIpc) is 3.36. The van der Waals surface area contributed by atoms with E-state index in [0.717, 1.165) is 28.3 Å². The molecule has 0 amide bonds. The molecule has 7 nitrogen and oxygen atoms in total. The summed E-state index contributed by atoms with van der Waals surface area (Å²) < 4.78 is 9.18. The van der Waals surface area contributed by atoms with Gasteiger partial charge in [0.25, 0.3) is 0 Å². The molecule has 0 radical (unpaired) electrons. The van der Waals surface area contributed by atoms with Crippen LogP contribution in [0.25, 0.3) is 11.4 Å². The van der Waals surface area contributed by atoms with Crippen LogP contribution in [-0.2, 0) is 0 Å². The van der Waals surface area contributed by atoms with Crippen LogP contribution in [0, 0.1) is 27.7 Å². The fourth-order valence-corrected chi connectivity index (χ4v) is 4.50. The lowest BCUT2D eigenvalue weighted by atomic mass is 10.2. The van der Waals surface area contributed by atoms with Gasteiger partial charge in [-0.15, -0.1) is 5.10 Å². The predicted molar refractivity (Wildman–Crippen MR) is 125 cm³/mol. The standard InChI is InChI=1S/C24H25N5O2S/c1-15-6-9-19(10-7-15)28-17(3)13-20(18(28)4)22(30)14-32-24-25-26-27-29(24)21-12-16(2)8-11-23(21)31-5/h6-13H,14H2,1-5H3. The number of aromatic nitrogens is 5. The second kappa shape index (κ2) is 9.00. The van der Waals surface area contributed by atoms with Gasteiger partial charge < -0.3 is 9.30 Å². The van der Waals surface area contributed by atoms with Gasteiger partial charge in [0.15, 0.2) is 5.78 Å². The molecule has 0 aliphatic rings. The summed E-state index contributed by atoms with van der Waals surface area (Å²) in [6.45, 7) is 8.05. The number of rotatable bonds is 7. The molecule has 8 heteroatoms. The van der Waals surface area contributed by atoms with E-state index < -0.39 is 0 Å². The summed E-state index contributed by atoms with van der Waals surface area (Å²) in [5, 5.41) is 12.6. The van der Waals surface area contributed by atoms with Crippen LogP contribution in [0.15, 0.2) is 53.7 Å². The number of nitrogens with zero attached hydrogens (tertiary/aromatic N) is 5. The van der Waals surface area contributed by atoms with E-state index in [2.05, 4.69) is 51.3 Å². The largest absolute Gasteiger partial charge is 0.494 e. The maximum atomic E-state index is 13.1. The molecule has 0 fully saturated rings. The van der Waals surface area contributed by atoms with Gasteiger partial charge >= 0.3 is 0 Å². The Kier molecular flexibility index (Phi) is 6.14. The molecule has 2 aromatic heterocycles. The lowest BCUT2D eigenvalue weighted by Crippen LogP contribution is -2.07. The van der Waals surface area contributed by atoms with Crippen molar-refractivity contribution in [3.63, 3.8) is 0 Å². The topological polar surface area (TPSA) is 74.8 Å². The predicted octanol–water partition coefficient (Wildman–Crippen LogP) is 4.67. The third-order valence-electron chi connectivity index (χ3n) is 5.36. The number of methoxy groups -OCH3 is 1. The molecule has 0 aliphatic heterocycles. The van der Waals surface area contributed by atoms with E-state index in [1.165, 1.54) is 17.3 Å². The Morgan fingerprint density at radius 3 is 2.44 bits per heavy atom. The van der Waals surface area contributed by atoms with Crippen molar-refractivity contribution in [2.24, 2.45) is 0 Å². The smallest absolute Gasteiger partial charge is 0.214 e. The van der Waals surface area contributed by atoms with Gasteiger partial charge in [0.2, 0.25) is 5.16 Å². The minimum atomic E-state index is 0.0345. The second-order valence-corrected chi connectivity index (χ2v) is 8.66. The number of ketones is 1. The zero-order chi connectivity index (χ0) is 22.8. The number of hydrogen-bond donors (Lipinski definition) is 0. The van der Waals surface area contributed by atoms with Gasteiger partial charge in [-0.1, -0.05) is 35.5 Å². The van der Waals surface area contributed by atoms with Gasteiger partial charge in [-0.2, -0.15) is 4.68 Å². The second-order valence-electron chi connectivity index (χ2n) is 7.72. The number of carbonyl (C=O) groups is 1. The number of thioether (sulfide) groups is 1. The Balaban J connectivity index is 1.57. The van der Waals surface area contributed by atoms with Gasteiger partial charge in [0.05, 0.1) is 12.9 Å². The minimum Gasteiger partial charge on any atom is -0.494 e. The average molecular weight is 448 g/mol. The Labute approximate surface area is 191 Å². The fraction of sp³-hybridized carbons (Fsp3) is 0.250. The molecule has 0 N–H and O–H groups in total. The van der Waals surface area contributed by atoms with Crippen molar-refractivity contribution in [1.82, 2.24) is 24.8 Å². The first-order valence-electron chi connectivity index (χ1n) is 10.2. The number of carbonyl (C=O) groups excluding carboxylic acids is 1. The van der Waals surface area contributed by atoms with Gasteiger partial charge in [0.1, 0.15) is 11.4 Å². The van der Waals surface area contributed by atoms with Crippen LogP contribution in [0.2, 0.25) is 0 Å². The van der Waals surface area contributed by atoms with Gasteiger partial charge in [-0.3, -0.25) is 4.79 Å². The zero-order valence-corrected chi connectivity index (χ0v) is 19.6. The van der Waals surface area contributed by atoms with E-state index in [4.69, 9.17) is 4.74 Å². The summed E-state index contributed by atoms with van der Waals surface area (Å²) in [6.07, 6.45) is 0. The highest BCUT2D eigenvalue weighted by Gasteiger charge is 2.19. The van der Waals surface area contributed by atoms with E-state index in [1.807, 2.05) is 45.0 Å². The van der Waals surface area contributed by atoms with Crippen LogP contribution in [0.3, 0.4) is 0 Å². The van der Waals surface area contributed by atoms with Crippen LogP contribution in [0.4, 0.5) is 0 Å². The van der Waals surface area contributed by atoms with Crippen LogP contribution in [0.1, 0.15) is 32.9 Å². The molecule has 2 heterocycles. The molecule has 0 spiro atoms. The van der Waals surface area contributed by atoms with Crippen LogP contribution in [0.5, 0.6) is 5.75 Å². The molecule has 164 valence electrons. The van der Waals surface area contributed by atoms with Crippen molar-refractivity contribution in [2.45, 2.75) is 32.9 Å². The number of tetrazole rings is 1. The molecule has 2 aromatic carbocycles. The normalized spacial score (nSPS) is 11.0.